The van der Waals surface area contributed by atoms with E-state index in [2.05, 4.69) is 15.7 Å². The minimum atomic E-state index is -0.128. The van der Waals surface area contributed by atoms with Crippen LogP contribution in [0, 0.1) is 5.92 Å². The summed E-state index contributed by atoms with van der Waals surface area (Å²) in [5.41, 5.74) is -0.128. The summed E-state index contributed by atoms with van der Waals surface area (Å²) in [6.07, 6.45) is 0. The molecule has 1 amide bonds. The standard InChI is InChI=1S/C10H16N4O2.ClH/c1-6(2)14-9(15)3-8(13-14)12-10(16)7-4-11-5-7;/h3,6-7,11,13H,4-5H2,1-2H3,(H,12,16);1H. The Hall–Kier alpha value is -1.27. The minimum absolute atomic E-state index is 0. The highest BCUT2D eigenvalue weighted by atomic mass is 35.5. The van der Waals surface area contributed by atoms with Crippen LogP contribution in [-0.2, 0) is 4.79 Å². The van der Waals surface area contributed by atoms with Crippen LogP contribution < -0.4 is 16.2 Å². The summed E-state index contributed by atoms with van der Waals surface area (Å²) in [6, 6.07) is 1.47. The van der Waals surface area contributed by atoms with Crippen LogP contribution in [0.3, 0.4) is 0 Å². The third-order valence-electron chi connectivity index (χ3n) is 2.67. The Morgan fingerprint density at radius 2 is 2.18 bits per heavy atom. The number of carbonyl (C=O) groups is 1. The van der Waals surface area contributed by atoms with E-state index in [1.807, 2.05) is 13.8 Å². The molecule has 0 spiro atoms. The van der Waals surface area contributed by atoms with Crippen molar-refractivity contribution in [2.24, 2.45) is 5.92 Å². The second kappa shape index (κ2) is 5.37. The Labute approximate surface area is 105 Å². The molecule has 1 aromatic heterocycles. The molecule has 1 aromatic rings. The smallest absolute Gasteiger partial charge is 0.268 e. The molecule has 2 rings (SSSR count). The Balaban J connectivity index is 0.00000144. The number of aromatic nitrogens is 2. The molecule has 1 aliphatic heterocycles. The van der Waals surface area contributed by atoms with Gasteiger partial charge in [0.05, 0.1) is 5.92 Å². The van der Waals surface area contributed by atoms with E-state index >= 15 is 0 Å². The Morgan fingerprint density at radius 3 is 2.59 bits per heavy atom. The summed E-state index contributed by atoms with van der Waals surface area (Å²) in [7, 11) is 0. The lowest BCUT2D eigenvalue weighted by molar-refractivity contribution is -0.121. The fourth-order valence-electron chi connectivity index (χ4n) is 1.57. The van der Waals surface area contributed by atoms with Crippen molar-refractivity contribution in [2.75, 3.05) is 18.4 Å². The summed E-state index contributed by atoms with van der Waals surface area (Å²) in [5, 5.41) is 8.60. The van der Waals surface area contributed by atoms with Crippen LogP contribution in [0.2, 0.25) is 0 Å². The average molecular weight is 261 g/mol. The van der Waals surface area contributed by atoms with Crippen molar-refractivity contribution in [3.05, 3.63) is 16.4 Å². The highest BCUT2D eigenvalue weighted by Gasteiger charge is 2.25. The molecule has 3 N–H and O–H groups in total. The SMILES string of the molecule is CC(C)n1[nH]c(NC(=O)C2CNC2)cc1=O.Cl. The van der Waals surface area contributed by atoms with Crippen LogP contribution in [0.1, 0.15) is 19.9 Å². The average Bonchev–Trinajstić information content (AvgIpc) is 2.43. The first-order valence-corrected chi connectivity index (χ1v) is 5.41. The number of amides is 1. The molecule has 7 heteroatoms. The fraction of sp³-hybridized carbons (Fsp3) is 0.600. The van der Waals surface area contributed by atoms with Gasteiger partial charge in [0.1, 0.15) is 5.82 Å². The minimum Gasteiger partial charge on any atom is -0.315 e. The summed E-state index contributed by atoms with van der Waals surface area (Å²) < 4.78 is 1.48. The van der Waals surface area contributed by atoms with Crippen molar-refractivity contribution in [3.63, 3.8) is 0 Å². The molecule has 1 fully saturated rings. The molecule has 1 aliphatic rings. The summed E-state index contributed by atoms with van der Waals surface area (Å²) >= 11 is 0. The van der Waals surface area contributed by atoms with Crippen molar-refractivity contribution in [1.82, 2.24) is 15.1 Å². The topological polar surface area (TPSA) is 78.9 Å². The monoisotopic (exact) mass is 260 g/mol. The molecule has 1 saturated heterocycles. The van der Waals surface area contributed by atoms with E-state index in [0.717, 1.165) is 0 Å². The third kappa shape index (κ3) is 2.89. The lowest BCUT2D eigenvalue weighted by Gasteiger charge is -2.25. The van der Waals surface area contributed by atoms with Gasteiger partial charge in [-0.25, -0.2) is 4.68 Å². The van der Waals surface area contributed by atoms with E-state index in [1.165, 1.54) is 10.7 Å². The van der Waals surface area contributed by atoms with Crippen LogP contribution in [0.25, 0.3) is 0 Å². The van der Waals surface area contributed by atoms with Crippen molar-refractivity contribution in [1.29, 1.82) is 0 Å². The van der Waals surface area contributed by atoms with Gasteiger partial charge >= 0.3 is 0 Å². The van der Waals surface area contributed by atoms with Crippen molar-refractivity contribution in [3.8, 4) is 0 Å². The predicted octanol–water partition coefficient (Wildman–Crippen LogP) is 0.337. The molecule has 0 atom stereocenters. The van der Waals surface area contributed by atoms with Gasteiger partial charge in [-0.05, 0) is 13.8 Å². The van der Waals surface area contributed by atoms with E-state index < -0.39 is 0 Å². The normalized spacial score (nSPS) is 15.2. The van der Waals surface area contributed by atoms with Gasteiger partial charge < -0.3 is 10.6 Å². The van der Waals surface area contributed by atoms with E-state index in [9.17, 15) is 9.59 Å². The van der Waals surface area contributed by atoms with Gasteiger partial charge in [-0.2, -0.15) is 0 Å². The number of H-pyrrole nitrogens is 1. The first-order valence-electron chi connectivity index (χ1n) is 5.41. The molecule has 6 nitrogen and oxygen atoms in total. The van der Waals surface area contributed by atoms with E-state index in [1.54, 1.807) is 0 Å². The molecule has 2 heterocycles. The molecule has 0 aliphatic carbocycles. The summed E-state index contributed by atoms with van der Waals surface area (Å²) in [4.78, 5) is 23.1. The molecule has 0 radical (unpaired) electrons. The molecular formula is C10H17ClN4O2. The van der Waals surface area contributed by atoms with Crippen molar-refractivity contribution in [2.45, 2.75) is 19.9 Å². The zero-order chi connectivity index (χ0) is 11.7. The van der Waals surface area contributed by atoms with Gasteiger partial charge in [-0.15, -0.1) is 12.4 Å². The van der Waals surface area contributed by atoms with Crippen LogP contribution in [0.4, 0.5) is 5.82 Å². The van der Waals surface area contributed by atoms with Gasteiger partial charge in [0.25, 0.3) is 5.56 Å². The highest BCUT2D eigenvalue weighted by Crippen LogP contribution is 2.08. The number of hydrogen-bond acceptors (Lipinski definition) is 3. The molecule has 96 valence electrons. The lowest BCUT2D eigenvalue weighted by atomic mass is 10.0. The highest BCUT2D eigenvalue weighted by molar-refractivity contribution is 5.92. The van der Waals surface area contributed by atoms with Gasteiger partial charge in [-0.3, -0.25) is 14.7 Å². The van der Waals surface area contributed by atoms with Crippen molar-refractivity contribution < 1.29 is 4.79 Å². The van der Waals surface area contributed by atoms with E-state index in [-0.39, 0.29) is 35.8 Å². The number of carbonyl (C=O) groups excluding carboxylic acids is 1. The number of nitrogens with zero attached hydrogens (tertiary/aromatic N) is 1. The molecule has 0 unspecified atom stereocenters. The molecule has 0 aromatic carbocycles. The van der Waals surface area contributed by atoms with Crippen LogP contribution in [0.15, 0.2) is 10.9 Å². The predicted molar refractivity (Wildman–Crippen MR) is 67.7 cm³/mol. The first kappa shape index (κ1) is 13.8. The van der Waals surface area contributed by atoms with Crippen molar-refractivity contribution >= 4 is 24.1 Å². The number of aromatic amines is 1. The zero-order valence-electron chi connectivity index (χ0n) is 9.82. The first-order chi connectivity index (χ1) is 7.58. The van der Waals surface area contributed by atoms with Gasteiger partial charge in [0.15, 0.2) is 0 Å². The van der Waals surface area contributed by atoms with Crippen LogP contribution >= 0.6 is 12.4 Å². The number of nitrogens with one attached hydrogen (secondary N) is 3. The van der Waals surface area contributed by atoms with Crippen LogP contribution in [-0.4, -0.2) is 28.8 Å². The summed E-state index contributed by atoms with van der Waals surface area (Å²) in [6.45, 7) is 5.22. The van der Waals surface area contributed by atoms with Gasteiger partial charge in [-0.1, -0.05) is 0 Å². The quantitative estimate of drug-likeness (QED) is 0.733. The summed E-state index contributed by atoms with van der Waals surface area (Å²) in [5.74, 6) is 0.442. The number of hydrogen-bond donors (Lipinski definition) is 3. The Kier molecular flexibility index (Phi) is 4.36. The number of anilines is 1. The molecule has 0 bridgehead atoms. The molecular weight excluding hydrogens is 244 g/mol. The third-order valence-corrected chi connectivity index (χ3v) is 2.67. The second-order valence-electron chi connectivity index (χ2n) is 4.32. The largest absolute Gasteiger partial charge is 0.315 e. The number of halogens is 1. The molecule has 17 heavy (non-hydrogen) atoms. The van der Waals surface area contributed by atoms with E-state index in [0.29, 0.717) is 18.9 Å². The maximum Gasteiger partial charge on any atom is 0.268 e. The van der Waals surface area contributed by atoms with Gasteiger partial charge in [0, 0.05) is 25.2 Å². The molecule has 0 saturated carbocycles. The lowest BCUT2D eigenvalue weighted by Crippen LogP contribution is -2.48. The Morgan fingerprint density at radius 1 is 1.53 bits per heavy atom. The zero-order valence-corrected chi connectivity index (χ0v) is 10.6. The van der Waals surface area contributed by atoms with Crippen LogP contribution in [0.5, 0.6) is 0 Å². The second-order valence-corrected chi connectivity index (χ2v) is 4.32. The number of rotatable bonds is 3. The van der Waals surface area contributed by atoms with Gasteiger partial charge in [0.2, 0.25) is 5.91 Å². The fourth-order valence-corrected chi connectivity index (χ4v) is 1.57. The maximum atomic E-state index is 11.6. The van der Waals surface area contributed by atoms with E-state index in [4.69, 9.17) is 0 Å². The Bertz CT molecular complexity index is 447. The maximum absolute atomic E-state index is 11.6.